The van der Waals surface area contributed by atoms with Gasteiger partial charge in [-0.15, -0.1) is 0 Å². The molecular formula is C12H16N4O2. The number of hydrogen-bond acceptors (Lipinski definition) is 4. The van der Waals surface area contributed by atoms with Crippen LogP contribution < -0.4 is 16.4 Å². The molecule has 6 heteroatoms. The standard InChI is InChI=1S/C12H16N4O2/c1-7-10(4-8(13)5-14-7)12(18)15-6-9-2-3-11(17)16-9/h4-5,9H,2-3,6,13H2,1H3,(H,15,18)(H,16,17). The van der Waals surface area contributed by atoms with E-state index in [0.29, 0.717) is 29.9 Å². The van der Waals surface area contributed by atoms with E-state index < -0.39 is 0 Å². The highest BCUT2D eigenvalue weighted by Crippen LogP contribution is 2.10. The molecule has 1 atom stereocenters. The Kier molecular flexibility index (Phi) is 3.45. The van der Waals surface area contributed by atoms with Gasteiger partial charge in [0.2, 0.25) is 5.91 Å². The fourth-order valence-corrected chi connectivity index (χ4v) is 1.92. The minimum Gasteiger partial charge on any atom is -0.397 e. The molecule has 2 amide bonds. The highest BCUT2D eigenvalue weighted by molar-refractivity contribution is 5.96. The zero-order chi connectivity index (χ0) is 13.1. The number of rotatable bonds is 3. The van der Waals surface area contributed by atoms with Gasteiger partial charge in [0.05, 0.1) is 23.1 Å². The van der Waals surface area contributed by atoms with Crippen molar-refractivity contribution < 1.29 is 9.59 Å². The fourth-order valence-electron chi connectivity index (χ4n) is 1.92. The number of aryl methyl sites for hydroxylation is 1. The average Bonchev–Trinajstić information content (AvgIpc) is 2.75. The van der Waals surface area contributed by atoms with Crippen LogP contribution in [0.4, 0.5) is 5.69 Å². The van der Waals surface area contributed by atoms with E-state index >= 15 is 0 Å². The van der Waals surface area contributed by atoms with E-state index in [0.717, 1.165) is 6.42 Å². The van der Waals surface area contributed by atoms with Crippen LogP contribution in [0.5, 0.6) is 0 Å². The second-order valence-corrected chi connectivity index (χ2v) is 4.41. The molecule has 4 N–H and O–H groups in total. The Hall–Kier alpha value is -2.11. The number of nitrogens with one attached hydrogen (secondary N) is 2. The van der Waals surface area contributed by atoms with Crippen molar-refractivity contribution in [2.24, 2.45) is 0 Å². The molecule has 2 heterocycles. The monoisotopic (exact) mass is 248 g/mol. The van der Waals surface area contributed by atoms with Crippen LogP contribution in [-0.4, -0.2) is 29.4 Å². The molecule has 1 aromatic heterocycles. The maximum absolute atomic E-state index is 11.9. The first kappa shape index (κ1) is 12.3. The summed E-state index contributed by atoms with van der Waals surface area (Å²) in [4.78, 5) is 27.0. The zero-order valence-corrected chi connectivity index (χ0v) is 10.2. The predicted octanol–water partition coefficient (Wildman–Crippen LogP) is -0.0194. The molecule has 1 aromatic rings. The van der Waals surface area contributed by atoms with Crippen LogP contribution in [0, 0.1) is 6.92 Å². The van der Waals surface area contributed by atoms with Crippen LogP contribution in [0.3, 0.4) is 0 Å². The Morgan fingerprint density at radius 2 is 2.44 bits per heavy atom. The number of aromatic nitrogens is 1. The van der Waals surface area contributed by atoms with Gasteiger partial charge in [0.25, 0.3) is 5.91 Å². The van der Waals surface area contributed by atoms with Gasteiger partial charge in [0, 0.05) is 19.0 Å². The molecule has 0 aliphatic carbocycles. The van der Waals surface area contributed by atoms with E-state index in [2.05, 4.69) is 15.6 Å². The SMILES string of the molecule is Cc1ncc(N)cc1C(=O)NCC1CCC(=O)N1. The quantitative estimate of drug-likeness (QED) is 0.700. The lowest BCUT2D eigenvalue weighted by molar-refractivity contribution is -0.119. The summed E-state index contributed by atoms with van der Waals surface area (Å²) in [6.45, 7) is 2.19. The molecule has 1 aliphatic heterocycles. The summed E-state index contributed by atoms with van der Waals surface area (Å²) in [7, 11) is 0. The molecule has 6 nitrogen and oxygen atoms in total. The number of carbonyl (C=O) groups is 2. The highest BCUT2D eigenvalue weighted by Gasteiger charge is 2.21. The Morgan fingerprint density at radius 3 is 3.11 bits per heavy atom. The van der Waals surface area contributed by atoms with Crippen molar-refractivity contribution in [2.75, 3.05) is 12.3 Å². The van der Waals surface area contributed by atoms with Gasteiger partial charge in [-0.1, -0.05) is 0 Å². The van der Waals surface area contributed by atoms with Crippen molar-refractivity contribution in [3.63, 3.8) is 0 Å². The van der Waals surface area contributed by atoms with E-state index in [1.807, 2.05) is 0 Å². The van der Waals surface area contributed by atoms with Crippen LogP contribution >= 0.6 is 0 Å². The number of anilines is 1. The van der Waals surface area contributed by atoms with Crippen molar-refractivity contribution in [3.8, 4) is 0 Å². The molecule has 2 rings (SSSR count). The number of nitrogens with two attached hydrogens (primary N) is 1. The second kappa shape index (κ2) is 5.03. The molecule has 0 bridgehead atoms. The number of pyridine rings is 1. The van der Waals surface area contributed by atoms with Crippen LogP contribution in [0.2, 0.25) is 0 Å². The Morgan fingerprint density at radius 1 is 1.67 bits per heavy atom. The number of nitrogen functional groups attached to an aromatic ring is 1. The van der Waals surface area contributed by atoms with Crippen molar-refractivity contribution in [1.82, 2.24) is 15.6 Å². The highest BCUT2D eigenvalue weighted by atomic mass is 16.2. The van der Waals surface area contributed by atoms with Gasteiger partial charge in [-0.3, -0.25) is 14.6 Å². The number of hydrogen-bond donors (Lipinski definition) is 3. The second-order valence-electron chi connectivity index (χ2n) is 4.41. The Balaban J connectivity index is 1.95. The van der Waals surface area contributed by atoms with Crippen LogP contribution in [0.1, 0.15) is 28.9 Å². The van der Waals surface area contributed by atoms with Gasteiger partial charge >= 0.3 is 0 Å². The van der Waals surface area contributed by atoms with E-state index in [4.69, 9.17) is 5.73 Å². The summed E-state index contributed by atoms with van der Waals surface area (Å²) in [5.41, 5.74) is 7.17. The lowest BCUT2D eigenvalue weighted by Gasteiger charge is -2.12. The first-order chi connectivity index (χ1) is 8.56. The van der Waals surface area contributed by atoms with E-state index in [-0.39, 0.29) is 17.9 Å². The molecule has 0 radical (unpaired) electrons. The van der Waals surface area contributed by atoms with Crippen molar-refractivity contribution in [3.05, 3.63) is 23.5 Å². The van der Waals surface area contributed by atoms with Crippen LogP contribution in [0.25, 0.3) is 0 Å². The Bertz CT molecular complexity index is 487. The molecule has 96 valence electrons. The smallest absolute Gasteiger partial charge is 0.253 e. The molecule has 1 fully saturated rings. The molecule has 0 spiro atoms. The molecule has 1 aliphatic rings. The molecule has 0 saturated carbocycles. The minimum absolute atomic E-state index is 0.0239. The maximum Gasteiger partial charge on any atom is 0.253 e. The van der Waals surface area contributed by atoms with Crippen LogP contribution in [-0.2, 0) is 4.79 Å². The largest absolute Gasteiger partial charge is 0.397 e. The predicted molar refractivity (Wildman–Crippen MR) is 66.9 cm³/mol. The van der Waals surface area contributed by atoms with E-state index in [9.17, 15) is 9.59 Å². The first-order valence-corrected chi connectivity index (χ1v) is 5.86. The molecule has 18 heavy (non-hydrogen) atoms. The summed E-state index contributed by atoms with van der Waals surface area (Å²) >= 11 is 0. The summed E-state index contributed by atoms with van der Waals surface area (Å²) < 4.78 is 0. The normalized spacial score (nSPS) is 18.5. The van der Waals surface area contributed by atoms with E-state index in [1.165, 1.54) is 6.20 Å². The lowest BCUT2D eigenvalue weighted by atomic mass is 10.1. The first-order valence-electron chi connectivity index (χ1n) is 5.86. The van der Waals surface area contributed by atoms with Gasteiger partial charge < -0.3 is 16.4 Å². The number of carbonyl (C=O) groups excluding carboxylic acids is 2. The molecule has 1 unspecified atom stereocenters. The molecule has 1 saturated heterocycles. The van der Waals surface area contributed by atoms with Crippen molar-refractivity contribution in [2.45, 2.75) is 25.8 Å². The average molecular weight is 248 g/mol. The number of nitrogens with zero attached hydrogens (tertiary/aromatic N) is 1. The summed E-state index contributed by atoms with van der Waals surface area (Å²) in [6, 6.07) is 1.63. The minimum atomic E-state index is -0.214. The summed E-state index contributed by atoms with van der Waals surface area (Å²) in [5, 5.41) is 5.57. The van der Waals surface area contributed by atoms with Gasteiger partial charge in [0.15, 0.2) is 0 Å². The zero-order valence-electron chi connectivity index (χ0n) is 10.2. The third kappa shape index (κ3) is 2.77. The summed E-state index contributed by atoms with van der Waals surface area (Å²) in [5.74, 6) is -0.176. The van der Waals surface area contributed by atoms with Gasteiger partial charge in [-0.2, -0.15) is 0 Å². The molecular weight excluding hydrogens is 232 g/mol. The van der Waals surface area contributed by atoms with Gasteiger partial charge in [-0.05, 0) is 19.4 Å². The fraction of sp³-hybridized carbons (Fsp3) is 0.417. The van der Waals surface area contributed by atoms with Crippen LogP contribution in [0.15, 0.2) is 12.3 Å². The maximum atomic E-state index is 11.9. The summed E-state index contributed by atoms with van der Waals surface area (Å²) in [6.07, 6.45) is 2.80. The van der Waals surface area contributed by atoms with Crippen molar-refractivity contribution in [1.29, 1.82) is 0 Å². The topological polar surface area (TPSA) is 97.1 Å². The van der Waals surface area contributed by atoms with E-state index in [1.54, 1.807) is 13.0 Å². The van der Waals surface area contributed by atoms with Gasteiger partial charge in [-0.25, -0.2) is 0 Å². The number of amides is 2. The van der Waals surface area contributed by atoms with Gasteiger partial charge in [0.1, 0.15) is 0 Å². The van der Waals surface area contributed by atoms with Crippen molar-refractivity contribution >= 4 is 17.5 Å². The Labute approximate surface area is 105 Å². The lowest BCUT2D eigenvalue weighted by Crippen LogP contribution is -2.38. The third-order valence-electron chi connectivity index (χ3n) is 2.95. The molecule has 0 aromatic carbocycles. The third-order valence-corrected chi connectivity index (χ3v) is 2.95.